The molecule has 0 aromatic heterocycles. The van der Waals surface area contributed by atoms with Crippen LogP contribution in [-0.4, -0.2) is 5.91 Å². The summed E-state index contributed by atoms with van der Waals surface area (Å²) in [7, 11) is 0. The number of anilines is 1. The Morgan fingerprint density at radius 3 is 2.63 bits per heavy atom. The van der Waals surface area contributed by atoms with Gasteiger partial charge in [-0.05, 0) is 54.6 Å². The lowest BCUT2D eigenvalue weighted by Gasteiger charge is -2.38. The number of amides is 1. The van der Waals surface area contributed by atoms with Gasteiger partial charge in [0, 0.05) is 12.1 Å². The minimum atomic E-state index is 0.178. The molecule has 0 spiro atoms. The Labute approximate surface area is 115 Å². The number of carbonyl (C=O) groups is 1. The van der Waals surface area contributed by atoms with Gasteiger partial charge < -0.3 is 5.32 Å². The number of carbonyl (C=O) groups excluding carboxylic acids is 1. The third-order valence-corrected chi connectivity index (χ3v) is 5.51. The fourth-order valence-electron chi connectivity index (χ4n) is 4.33. The Balaban J connectivity index is 1.64. The van der Waals surface area contributed by atoms with E-state index in [1.165, 1.54) is 19.3 Å². The molecule has 2 aliphatic rings. The molecular formula is C17H23NO. The topological polar surface area (TPSA) is 29.1 Å². The van der Waals surface area contributed by atoms with E-state index in [2.05, 4.69) is 19.2 Å². The Morgan fingerprint density at radius 2 is 2.00 bits per heavy atom. The number of fused-ring (bicyclic) bond motifs is 2. The van der Waals surface area contributed by atoms with Gasteiger partial charge >= 0.3 is 0 Å². The van der Waals surface area contributed by atoms with Crippen LogP contribution in [0.1, 0.15) is 39.5 Å². The zero-order chi connectivity index (χ0) is 13.5. The molecule has 0 radical (unpaired) electrons. The maximum absolute atomic E-state index is 12.2. The molecule has 1 aromatic carbocycles. The van der Waals surface area contributed by atoms with Gasteiger partial charge in [0.25, 0.3) is 0 Å². The first kappa shape index (κ1) is 12.7. The molecule has 2 saturated carbocycles. The van der Waals surface area contributed by atoms with Crippen molar-refractivity contribution in [2.24, 2.45) is 23.2 Å². The third kappa shape index (κ3) is 2.29. The highest BCUT2D eigenvalue weighted by Crippen LogP contribution is 2.60. The number of hydrogen-bond donors (Lipinski definition) is 1. The molecule has 0 heterocycles. The van der Waals surface area contributed by atoms with Crippen LogP contribution in [0, 0.1) is 23.2 Å². The summed E-state index contributed by atoms with van der Waals surface area (Å²) < 4.78 is 0. The van der Waals surface area contributed by atoms with Crippen molar-refractivity contribution in [2.75, 3.05) is 5.32 Å². The van der Waals surface area contributed by atoms with Crippen LogP contribution in [0.15, 0.2) is 30.3 Å². The van der Waals surface area contributed by atoms with E-state index in [1.807, 2.05) is 30.3 Å². The fourth-order valence-corrected chi connectivity index (χ4v) is 4.33. The molecule has 1 N–H and O–H groups in total. The van der Waals surface area contributed by atoms with Crippen LogP contribution in [0.5, 0.6) is 0 Å². The molecular weight excluding hydrogens is 234 g/mol. The van der Waals surface area contributed by atoms with Gasteiger partial charge in [0.2, 0.25) is 5.91 Å². The summed E-state index contributed by atoms with van der Waals surface area (Å²) in [5.74, 6) is 2.36. The van der Waals surface area contributed by atoms with E-state index in [1.54, 1.807) is 0 Å². The van der Waals surface area contributed by atoms with E-state index in [0.29, 0.717) is 17.8 Å². The summed E-state index contributed by atoms with van der Waals surface area (Å²) in [5, 5.41) is 3.03. The van der Waals surface area contributed by atoms with Gasteiger partial charge in [0.1, 0.15) is 0 Å². The number of hydrogen-bond acceptors (Lipinski definition) is 1. The molecule has 1 aromatic rings. The van der Waals surface area contributed by atoms with Crippen LogP contribution in [0.4, 0.5) is 5.69 Å². The predicted molar refractivity (Wildman–Crippen MR) is 77.8 cm³/mol. The van der Waals surface area contributed by atoms with Gasteiger partial charge in [-0.3, -0.25) is 4.79 Å². The lowest BCUT2D eigenvalue weighted by atomic mass is 9.67. The van der Waals surface area contributed by atoms with Gasteiger partial charge in [0.05, 0.1) is 0 Å². The maximum atomic E-state index is 12.2. The molecule has 0 aliphatic heterocycles. The summed E-state index contributed by atoms with van der Waals surface area (Å²) in [5.41, 5.74) is 1.25. The minimum absolute atomic E-state index is 0.178. The second kappa shape index (κ2) is 4.66. The average molecular weight is 257 g/mol. The molecule has 2 aliphatic carbocycles. The summed E-state index contributed by atoms with van der Waals surface area (Å²) in [6, 6.07) is 9.77. The van der Waals surface area contributed by atoms with Crippen LogP contribution >= 0.6 is 0 Å². The highest BCUT2D eigenvalue weighted by Gasteiger charge is 2.52. The van der Waals surface area contributed by atoms with Crippen molar-refractivity contribution in [3.05, 3.63) is 30.3 Å². The van der Waals surface area contributed by atoms with E-state index in [-0.39, 0.29) is 5.91 Å². The first-order valence-electron chi connectivity index (χ1n) is 7.42. The predicted octanol–water partition coefficient (Wildman–Crippen LogP) is 4.09. The van der Waals surface area contributed by atoms with Crippen LogP contribution < -0.4 is 5.32 Å². The summed E-state index contributed by atoms with van der Waals surface area (Å²) in [4.78, 5) is 12.2. The zero-order valence-corrected chi connectivity index (χ0v) is 11.9. The molecule has 19 heavy (non-hydrogen) atoms. The lowest BCUT2D eigenvalue weighted by molar-refractivity contribution is -0.118. The van der Waals surface area contributed by atoms with Crippen molar-refractivity contribution in [1.29, 1.82) is 0 Å². The van der Waals surface area contributed by atoms with E-state index in [9.17, 15) is 4.79 Å². The summed E-state index contributed by atoms with van der Waals surface area (Å²) >= 11 is 0. The number of para-hydroxylation sites is 1. The summed E-state index contributed by atoms with van der Waals surface area (Å²) in [6.07, 6.45) is 4.73. The van der Waals surface area contributed by atoms with E-state index in [4.69, 9.17) is 0 Å². The molecule has 0 saturated heterocycles. The normalized spacial score (nSPS) is 31.4. The molecule has 2 nitrogen and oxygen atoms in total. The smallest absolute Gasteiger partial charge is 0.224 e. The molecule has 102 valence electrons. The van der Waals surface area contributed by atoms with Crippen LogP contribution in [-0.2, 0) is 4.79 Å². The van der Waals surface area contributed by atoms with Gasteiger partial charge in [-0.15, -0.1) is 0 Å². The number of benzene rings is 1. The monoisotopic (exact) mass is 257 g/mol. The molecule has 3 atom stereocenters. The Morgan fingerprint density at radius 1 is 1.26 bits per heavy atom. The minimum Gasteiger partial charge on any atom is -0.326 e. The van der Waals surface area contributed by atoms with Crippen LogP contribution in [0.2, 0.25) is 0 Å². The van der Waals surface area contributed by atoms with Crippen molar-refractivity contribution in [3.63, 3.8) is 0 Å². The summed E-state index contributed by atoms with van der Waals surface area (Å²) in [6.45, 7) is 4.72. The van der Waals surface area contributed by atoms with Crippen molar-refractivity contribution < 1.29 is 4.79 Å². The van der Waals surface area contributed by atoms with E-state index < -0.39 is 0 Å². The third-order valence-electron chi connectivity index (χ3n) is 5.51. The Hall–Kier alpha value is -1.31. The van der Waals surface area contributed by atoms with Crippen LogP contribution in [0.25, 0.3) is 0 Å². The molecule has 2 fully saturated rings. The molecule has 2 heteroatoms. The standard InChI is InChI=1S/C17H23NO/c1-17(2)13-9-8-12(10-13)15(17)11-16(19)18-14-6-4-3-5-7-14/h3-7,12-13,15H,8-11H2,1-2H3,(H,18,19)/t12-,13-,15+/m1/s1. The highest BCUT2D eigenvalue weighted by molar-refractivity contribution is 5.90. The first-order chi connectivity index (χ1) is 9.07. The first-order valence-corrected chi connectivity index (χ1v) is 7.42. The molecule has 2 bridgehead atoms. The largest absolute Gasteiger partial charge is 0.326 e. The highest BCUT2D eigenvalue weighted by atomic mass is 16.1. The fraction of sp³-hybridized carbons (Fsp3) is 0.588. The second-order valence-electron chi connectivity index (χ2n) is 6.82. The molecule has 0 unspecified atom stereocenters. The Kier molecular flexibility index (Phi) is 3.12. The second-order valence-corrected chi connectivity index (χ2v) is 6.82. The van der Waals surface area contributed by atoms with Gasteiger partial charge in [-0.2, -0.15) is 0 Å². The van der Waals surface area contributed by atoms with Gasteiger partial charge in [-0.1, -0.05) is 32.0 Å². The van der Waals surface area contributed by atoms with Gasteiger partial charge in [-0.25, -0.2) is 0 Å². The molecule has 1 amide bonds. The molecule has 3 rings (SSSR count). The maximum Gasteiger partial charge on any atom is 0.224 e. The van der Waals surface area contributed by atoms with Crippen molar-refractivity contribution >= 4 is 11.6 Å². The van der Waals surface area contributed by atoms with Crippen molar-refractivity contribution in [3.8, 4) is 0 Å². The zero-order valence-electron chi connectivity index (χ0n) is 11.9. The number of nitrogens with one attached hydrogen (secondary N) is 1. The SMILES string of the molecule is CC1(C)[C@@H]2CC[C@H](C2)[C@@H]1CC(=O)Nc1ccccc1. The van der Waals surface area contributed by atoms with Crippen molar-refractivity contribution in [2.45, 2.75) is 39.5 Å². The van der Waals surface area contributed by atoms with E-state index >= 15 is 0 Å². The van der Waals surface area contributed by atoms with E-state index in [0.717, 1.165) is 17.5 Å². The quantitative estimate of drug-likeness (QED) is 0.868. The van der Waals surface area contributed by atoms with Crippen molar-refractivity contribution in [1.82, 2.24) is 0 Å². The average Bonchev–Trinajstić information content (AvgIpc) is 2.93. The van der Waals surface area contributed by atoms with Gasteiger partial charge in [0.15, 0.2) is 0 Å². The Bertz CT molecular complexity index is 465. The lowest BCUT2D eigenvalue weighted by Crippen LogP contribution is -2.33. The number of rotatable bonds is 3. The van der Waals surface area contributed by atoms with Crippen LogP contribution in [0.3, 0.4) is 0 Å².